The summed E-state index contributed by atoms with van der Waals surface area (Å²) in [6, 6.07) is 3.02. The van der Waals surface area contributed by atoms with Crippen LogP contribution >= 0.6 is 0 Å². The third-order valence-corrected chi connectivity index (χ3v) is 3.30. The Morgan fingerprint density at radius 2 is 1.91 bits per heavy atom. The van der Waals surface area contributed by atoms with Crippen LogP contribution in [0.4, 0.5) is 0 Å². The normalized spacial score (nSPS) is 13.5. The van der Waals surface area contributed by atoms with E-state index < -0.39 is 23.7 Å². The number of aliphatic carboxylic acids is 1. The van der Waals surface area contributed by atoms with E-state index in [1.54, 1.807) is 13.0 Å². The van der Waals surface area contributed by atoms with E-state index >= 15 is 0 Å². The van der Waals surface area contributed by atoms with E-state index in [-0.39, 0.29) is 24.0 Å². The lowest BCUT2D eigenvalue weighted by molar-refractivity contribution is -0.144. The van der Waals surface area contributed by atoms with Gasteiger partial charge in [0.25, 0.3) is 0 Å². The number of carboxylic acid groups (broad SMARTS) is 1. The van der Waals surface area contributed by atoms with E-state index in [0.717, 1.165) is 0 Å². The van der Waals surface area contributed by atoms with E-state index in [0.29, 0.717) is 6.42 Å². The summed E-state index contributed by atoms with van der Waals surface area (Å²) in [7, 11) is 0. The predicted octanol–water partition coefficient (Wildman–Crippen LogP) is 1.81. The monoisotopic (exact) mass is 310 g/mol. The van der Waals surface area contributed by atoms with Crippen molar-refractivity contribution < 1.29 is 23.9 Å². The number of rotatable bonds is 7. The van der Waals surface area contributed by atoms with Gasteiger partial charge in [0.15, 0.2) is 5.76 Å². The molecule has 1 aromatic rings. The molecule has 1 heterocycles. The molecule has 1 aromatic heterocycles. The van der Waals surface area contributed by atoms with Crippen LogP contribution in [0.1, 0.15) is 44.2 Å². The van der Waals surface area contributed by atoms with E-state index in [9.17, 15) is 19.5 Å². The number of carboxylic acids is 1. The second kappa shape index (κ2) is 8.21. The zero-order valence-electron chi connectivity index (χ0n) is 13.0. The topological polar surface area (TPSA) is 109 Å². The Bertz CT molecular complexity index is 510. The Morgan fingerprint density at radius 3 is 2.41 bits per heavy atom. The molecule has 2 amide bonds. The number of nitrogens with one attached hydrogen (secondary N) is 2. The van der Waals surface area contributed by atoms with E-state index in [4.69, 9.17) is 4.42 Å². The molecule has 22 heavy (non-hydrogen) atoms. The van der Waals surface area contributed by atoms with Crippen molar-refractivity contribution in [3.8, 4) is 0 Å². The predicted molar refractivity (Wildman–Crippen MR) is 78.7 cm³/mol. The first-order valence-corrected chi connectivity index (χ1v) is 7.16. The van der Waals surface area contributed by atoms with Crippen LogP contribution in [0, 0.1) is 17.8 Å². The minimum absolute atomic E-state index is 0.0160. The molecule has 7 nitrogen and oxygen atoms in total. The van der Waals surface area contributed by atoms with Crippen LogP contribution in [-0.2, 0) is 9.59 Å². The summed E-state index contributed by atoms with van der Waals surface area (Å²) in [5, 5.41) is 9.23. The van der Waals surface area contributed by atoms with E-state index in [2.05, 4.69) is 10.9 Å². The van der Waals surface area contributed by atoms with Gasteiger partial charge in [0, 0.05) is 6.42 Å². The smallest absolute Gasteiger partial charge is 0.306 e. The number of furan rings is 1. The quantitative estimate of drug-likeness (QED) is 0.666. The molecule has 0 aromatic carbocycles. The van der Waals surface area contributed by atoms with Gasteiger partial charge in [0.1, 0.15) is 0 Å². The van der Waals surface area contributed by atoms with Crippen molar-refractivity contribution in [3.63, 3.8) is 0 Å². The van der Waals surface area contributed by atoms with Gasteiger partial charge in [-0.1, -0.05) is 20.8 Å². The highest BCUT2D eigenvalue weighted by Gasteiger charge is 2.27. The van der Waals surface area contributed by atoms with Crippen LogP contribution in [0.15, 0.2) is 22.8 Å². The molecule has 0 aliphatic heterocycles. The number of hydrazine groups is 1. The molecular formula is C15H22N2O5. The molecule has 0 saturated carbocycles. The fraction of sp³-hybridized carbons (Fsp3) is 0.533. The Morgan fingerprint density at radius 1 is 1.23 bits per heavy atom. The van der Waals surface area contributed by atoms with Crippen molar-refractivity contribution in [3.05, 3.63) is 24.2 Å². The summed E-state index contributed by atoms with van der Waals surface area (Å²) in [6.07, 6.45) is 1.87. The summed E-state index contributed by atoms with van der Waals surface area (Å²) in [5.41, 5.74) is 4.48. The van der Waals surface area contributed by atoms with Crippen LogP contribution in [0.25, 0.3) is 0 Å². The molecule has 1 rings (SSSR count). The Kier molecular flexibility index (Phi) is 6.62. The lowest BCUT2D eigenvalue weighted by atomic mass is 9.84. The molecule has 2 atom stereocenters. The van der Waals surface area contributed by atoms with E-state index in [1.165, 1.54) is 12.3 Å². The van der Waals surface area contributed by atoms with Crippen molar-refractivity contribution in [1.82, 2.24) is 10.9 Å². The van der Waals surface area contributed by atoms with Gasteiger partial charge in [-0.15, -0.1) is 0 Å². The number of carbonyl (C=O) groups excluding carboxylic acids is 2. The summed E-state index contributed by atoms with van der Waals surface area (Å²) in [5.74, 6) is -2.53. The second-order valence-electron chi connectivity index (χ2n) is 5.74. The maximum Gasteiger partial charge on any atom is 0.306 e. The summed E-state index contributed by atoms with van der Waals surface area (Å²) in [4.78, 5) is 34.6. The molecule has 0 saturated heterocycles. The minimum atomic E-state index is -0.909. The van der Waals surface area contributed by atoms with Crippen LogP contribution in [-0.4, -0.2) is 22.9 Å². The average Bonchev–Trinajstić information content (AvgIpc) is 2.95. The van der Waals surface area contributed by atoms with Crippen LogP contribution in [0.3, 0.4) is 0 Å². The first kappa shape index (κ1) is 17.7. The fourth-order valence-corrected chi connectivity index (χ4v) is 2.17. The third kappa shape index (κ3) is 5.59. The molecule has 0 spiro atoms. The summed E-state index contributed by atoms with van der Waals surface area (Å²) >= 11 is 0. The Balaban J connectivity index is 2.45. The van der Waals surface area contributed by atoms with E-state index in [1.807, 2.05) is 13.8 Å². The highest BCUT2D eigenvalue weighted by molar-refractivity contribution is 5.92. The lowest BCUT2D eigenvalue weighted by Gasteiger charge is -2.21. The summed E-state index contributed by atoms with van der Waals surface area (Å²) < 4.78 is 4.88. The van der Waals surface area contributed by atoms with Gasteiger partial charge in [0.2, 0.25) is 5.91 Å². The van der Waals surface area contributed by atoms with Gasteiger partial charge in [-0.05, 0) is 30.4 Å². The third-order valence-electron chi connectivity index (χ3n) is 3.30. The molecule has 122 valence electrons. The molecule has 0 unspecified atom stereocenters. The second-order valence-corrected chi connectivity index (χ2v) is 5.74. The van der Waals surface area contributed by atoms with Crippen molar-refractivity contribution in [2.45, 2.75) is 33.6 Å². The van der Waals surface area contributed by atoms with Crippen LogP contribution in [0.5, 0.6) is 0 Å². The maximum atomic E-state index is 11.8. The van der Waals surface area contributed by atoms with Crippen LogP contribution < -0.4 is 10.9 Å². The van der Waals surface area contributed by atoms with Crippen LogP contribution in [0.2, 0.25) is 0 Å². The number of carbonyl (C=O) groups is 3. The van der Waals surface area contributed by atoms with Gasteiger partial charge in [0.05, 0.1) is 12.2 Å². The Labute approximate surface area is 129 Å². The van der Waals surface area contributed by atoms with Gasteiger partial charge < -0.3 is 9.52 Å². The highest BCUT2D eigenvalue weighted by Crippen LogP contribution is 2.23. The molecule has 0 aliphatic rings. The zero-order valence-corrected chi connectivity index (χ0v) is 13.0. The SMILES string of the molecule is CC(C)C[C@@H](C(=O)O)[C@H](C)CC(=O)NNC(=O)c1ccco1. The van der Waals surface area contributed by atoms with Gasteiger partial charge in [-0.2, -0.15) is 0 Å². The number of amides is 2. The van der Waals surface area contributed by atoms with Gasteiger partial charge in [-0.3, -0.25) is 25.2 Å². The molecule has 3 N–H and O–H groups in total. The maximum absolute atomic E-state index is 11.8. The number of hydrogen-bond acceptors (Lipinski definition) is 4. The van der Waals surface area contributed by atoms with Gasteiger partial charge in [-0.25, -0.2) is 0 Å². The molecule has 0 bridgehead atoms. The molecular weight excluding hydrogens is 288 g/mol. The molecule has 0 fully saturated rings. The fourth-order valence-electron chi connectivity index (χ4n) is 2.17. The first-order chi connectivity index (χ1) is 10.3. The van der Waals surface area contributed by atoms with Crippen molar-refractivity contribution in [2.75, 3.05) is 0 Å². The zero-order chi connectivity index (χ0) is 16.7. The van der Waals surface area contributed by atoms with Crippen molar-refractivity contribution in [2.24, 2.45) is 17.8 Å². The molecule has 0 radical (unpaired) electrons. The molecule has 0 aliphatic carbocycles. The van der Waals surface area contributed by atoms with Gasteiger partial charge >= 0.3 is 11.9 Å². The number of hydrogen-bond donors (Lipinski definition) is 3. The molecule has 7 heteroatoms. The standard InChI is InChI=1S/C15H22N2O5/c1-9(2)7-11(15(20)21)10(3)8-13(18)16-17-14(19)12-5-4-6-22-12/h4-6,9-11H,7-8H2,1-3H3,(H,16,18)(H,17,19)(H,20,21)/t10-,11-/m1/s1. The Hall–Kier alpha value is -2.31. The largest absolute Gasteiger partial charge is 0.481 e. The average molecular weight is 310 g/mol. The van der Waals surface area contributed by atoms with Crippen molar-refractivity contribution >= 4 is 17.8 Å². The highest BCUT2D eigenvalue weighted by atomic mass is 16.4. The summed E-state index contributed by atoms with van der Waals surface area (Å²) in [6.45, 7) is 5.59. The lowest BCUT2D eigenvalue weighted by Crippen LogP contribution is -2.42. The minimum Gasteiger partial charge on any atom is -0.481 e. The van der Waals surface area contributed by atoms with Crippen molar-refractivity contribution in [1.29, 1.82) is 0 Å². The first-order valence-electron chi connectivity index (χ1n) is 7.16.